The second-order valence-corrected chi connectivity index (χ2v) is 3.57. The molecule has 0 radical (unpaired) electrons. The van der Waals surface area contributed by atoms with Gasteiger partial charge in [-0.15, -0.1) is 0 Å². The van der Waals surface area contributed by atoms with E-state index in [0.29, 0.717) is 10.9 Å². The van der Waals surface area contributed by atoms with Gasteiger partial charge in [0.05, 0.1) is 0 Å². The summed E-state index contributed by atoms with van der Waals surface area (Å²) in [6.45, 7) is 1.83. The van der Waals surface area contributed by atoms with Gasteiger partial charge in [0.2, 0.25) is 0 Å². The second-order valence-electron chi connectivity index (χ2n) is 2.93. The third kappa shape index (κ3) is 2.62. The average Bonchev–Trinajstić information content (AvgIpc) is 2.17. The summed E-state index contributed by atoms with van der Waals surface area (Å²) in [6.07, 6.45) is 0. The molecule has 0 aliphatic rings. The lowest BCUT2D eigenvalue weighted by Crippen LogP contribution is -2.12. The van der Waals surface area contributed by atoms with Gasteiger partial charge in [0.1, 0.15) is 5.82 Å². The molecular formula is C10H10BrFO. The predicted molar refractivity (Wildman–Crippen MR) is 53.7 cm³/mol. The summed E-state index contributed by atoms with van der Waals surface area (Å²) in [5, 5.41) is 0.628. The molecule has 0 aliphatic carbocycles. The van der Waals surface area contributed by atoms with Crippen molar-refractivity contribution in [1.82, 2.24) is 0 Å². The Morgan fingerprint density at radius 3 is 2.46 bits per heavy atom. The van der Waals surface area contributed by atoms with Crippen LogP contribution in [-0.4, -0.2) is 11.1 Å². The molecule has 0 spiro atoms. The molecular weight excluding hydrogens is 235 g/mol. The lowest BCUT2D eigenvalue weighted by atomic mass is 10.0. The monoisotopic (exact) mass is 244 g/mol. The first-order valence-corrected chi connectivity index (χ1v) is 5.13. The summed E-state index contributed by atoms with van der Waals surface area (Å²) in [5.74, 6) is -0.342. The third-order valence-electron chi connectivity index (χ3n) is 1.81. The SMILES string of the molecule is CC(CBr)C(=O)c1ccc(F)cc1. The fraction of sp³-hybridized carbons (Fsp3) is 0.300. The number of benzene rings is 1. The molecule has 1 rings (SSSR count). The molecule has 0 saturated carbocycles. The molecule has 0 fully saturated rings. The van der Waals surface area contributed by atoms with Crippen LogP contribution in [-0.2, 0) is 0 Å². The van der Waals surface area contributed by atoms with E-state index < -0.39 is 0 Å². The second kappa shape index (κ2) is 4.51. The van der Waals surface area contributed by atoms with Gasteiger partial charge >= 0.3 is 0 Å². The summed E-state index contributed by atoms with van der Waals surface area (Å²) >= 11 is 3.23. The van der Waals surface area contributed by atoms with Crippen LogP contribution < -0.4 is 0 Å². The maximum Gasteiger partial charge on any atom is 0.166 e. The summed E-state index contributed by atoms with van der Waals surface area (Å²) in [7, 11) is 0. The maximum absolute atomic E-state index is 12.5. The zero-order valence-electron chi connectivity index (χ0n) is 7.26. The topological polar surface area (TPSA) is 17.1 Å². The van der Waals surface area contributed by atoms with Crippen molar-refractivity contribution < 1.29 is 9.18 Å². The first-order valence-electron chi connectivity index (χ1n) is 4.01. The Balaban J connectivity index is 2.83. The number of Topliss-reactive ketones (excluding diaryl/α,β-unsaturated/α-hetero) is 1. The molecule has 13 heavy (non-hydrogen) atoms. The molecule has 1 nitrogen and oxygen atoms in total. The van der Waals surface area contributed by atoms with Crippen molar-refractivity contribution in [3.8, 4) is 0 Å². The number of halogens is 2. The van der Waals surface area contributed by atoms with Crippen LogP contribution in [0.4, 0.5) is 4.39 Å². The van der Waals surface area contributed by atoms with Crippen LogP contribution in [0.25, 0.3) is 0 Å². The number of rotatable bonds is 3. The first kappa shape index (κ1) is 10.4. The number of carbonyl (C=O) groups is 1. The van der Waals surface area contributed by atoms with E-state index in [1.165, 1.54) is 24.3 Å². The van der Waals surface area contributed by atoms with Gasteiger partial charge in [0.15, 0.2) is 5.78 Å². The number of ketones is 1. The molecule has 0 amide bonds. The Kier molecular flexibility index (Phi) is 3.60. The van der Waals surface area contributed by atoms with Crippen molar-refractivity contribution in [3.05, 3.63) is 35.6 Å². The number of carbonyl (C=O) groups excluding carboxylic acids is 1. The van der Waals surface area contributed by atoms with Gasteiger partial charge in [-0.1, -0.05) is 22.9 Å². The quantitative estimate of drug-likeness (QED) is 0.590. The summed E-state index contributed by atoms with van der Waals surface area (Å²) < 4.78 is 12.5. The van der Waals surface area contributed by atoms with E-state index in [-0.39, 0.29) is 17.5 Å². The van der Waals surface area contributed by atoms with Crippen LogP contribution in [0.15, 0.2) is 24.3 Å². The fourth-order valence-corrected chi connectivity index (χ4v) is 1.26. The van der Waals surface area contributed by atoms with Crippen LogP contribution in [0, 0.1) is 11.7 Å². The van der Waals surface area contributed by atoms with E-state index in [2.05, 4.69) is 15.9 Å². The maximum atomic E-state index is 12.5. The van der Waals surface area contributed by atoms with Crippen molar-refractivity contribution in [1.29, 1.82) is 0 Å². The Labute approximate surface area is 85.1 Å². The minimum absolute atomic E-state index is 0.0388. The highest BCUT2D eigenvalue weighted by molar-refractivity contribution is 9.09. The van der Waals surface area contributed by atoms with Crippen LogP contribution in [0.2, 0.25) is 0 Å². The Morgan fingerprint density at radius 1 is 1.46 bits per heavy atom. The zero-order chi connectivity index (χ0) is 9.84. The molecule has 1 aromatic rings. The minimum atomic E-state index is -0.317. The normalized spacial score (nSPS) is 12.5. The van der Waals surface area contributed by atoms with E-state index in [1.54, 1.807) is 0 Å². The van der Waals surface area contributed by atoms with Gasteiger partial charge in [-0.25, -0.2) is 4.39 Å². The summed E-state index contributed by atoms with van der Waals surface area (Å²) in [5.41, 5.74) is 0.563. The predicted octanol–water partition coefficient (Wildman–Crippen LogP) is 3.04. The van der Waals surface area contributed by atoms with E-state index in [9.17, 15) is 9.18 Å². The van der Waals surface area contributed by atoms with Crippen molar-refractivity contribution in [2.75, 3.05) is 5.33 Å². The van der Waals surface area contributed by atoms with Gasteiger partial charge in [-0.05, 0) is 24.3 Å². The highest BCUT2D eigenvalue weighted by Gasteiger charge is 2.13. The molecule has 70 valence electrons. The van der Waals surface area contributed by atoms with Crippen LogP contribution in [0.1, 0.15) is 17.3 Å². The largest absolute Gasteiger partial charge is 0.294 e. The molecule has 0 heterocycles. The van der Waals surface area contributed by atoms with Crippen LogP contribution in [0.3, 0.4) is 0 Å². The number of hydrogen-bond donors (Lipinski definition) is 0. The molecule has 1 atom stereocenters. The van der Waals surface area contributed by atoms with E-state index >= 15 is 0 Å². The lowest BCUT2D eigenvalue weighted by molar-refractivity contribution is 0.0942. The van der Waals surface area contributed by atoms with Gasteiger partial charge in [-0.3, -0.25) is 4.79 Å². The van der Waals surface area contributed by atoms with Crippen molar-refractivity contribution >= 4 is 21.7 Å². The molecule has 0 aliphatic heterocycles. The van der Waals surface area contributed by atoms with E-state index in [0.717, 1.165) is 0 Å². The van der Waals surface area contributed by atoms with Gasteiger partial charge in [-0.2, -0.15) is 0 Å². The van der Waals surface area contributed by atoms with Crippen molar-refractivity contribution in [2.24, 2.45) is 5.92 Å². The molecule has 1 aromatic carbocycles. The third-order valence-corrected chi connectivity index (χ3v) is 2.78. The van der Waals surface area contributed by atoms with Crippen LogP contribution in [0.5, 0.6) is 0 Å². The van der Waals surface area contributed by atoms with E-state index in [4.69, 9.17) is 0 Å². The average molecular weight is 245 g/mol. The molecule has 0 aromatic heterocycles. The van der Waals surface area contributed by atoms with Crippen molar-refractivity contribution in [2.45, 2.75) is 6.92 Å². The molecule has 0 bridgehead atoms. The van der Waals surface area contributed by atoms with Gasteiger partial charge in [0, 0.05) is 16.8 Å². The summed E-state index contributed by atoms with van der Waals surface area (Å²) in [6, 6.07) is 5.62. The molecule has 1 unspecified atom stereocenters. The highest BCUT2D eigenvalue weighted by atomic mass is 79.9. The van der Waals surface area contributed by atoms with Gasteiger partial charge in [0.25, 0.3) is 0 Å². The first-order chi connectivity index (χ1) is 6.15. The Bertz CT molecular complexity index is 294. The van der Waals surface area contributed by atoms with Crippen LogP contribution >= 0.6 is 15.9 Å². The van der Waals surface area contributed by atoms with Gasteiger partial charge < -0.3 is 0 Å². The van der Waals surface area contributed by atoms with Crippen molar-refractivity contribution in [3.63, 3.8) is 0 Å². The smallest absolute Gasteiger partial charge is 0.166 e. The number of alkyl halides is 1. The van der Waals surface area contributed by atoms with E-state index in [1.807, 2.05) is 6.92 Å². The minimum Gasteiger partial charge on any atom is -0.294 e. The Morgan fingerprint density at radius 2 is 2.00 bits per heavy atom. The summed E-state index contributed by atoms with van der Waals surface area (Å²) in [4.78, 5) is 11.5. The zero-order valence-corrected chi connectivity index (χ0v) is 8.84. The molecule has 0 N–H and O–H groups in total. The highest BCUT2D eigenvalue weighted by Crippen LogP contribution is 2.11. The lowest BCUT2D eigenvalue weighted by Gasteiger charge is -2.05. The molecule has 3 heteroatoms. The fourth-order valence-electron chi connectivity index (χ4n) is 0.969. The molecule has 0 saturated heterocycles. The standard InChI is InChI=1S/C10H10BrFO/c1-7(6-11)10(13)8-2-4-9(12)5-3-8/h2-5,7H,6H2,1H3. The number of hydrogen-bond acceptors (Lipinski definition) is 1. The Hall–Kier alpha value is -0.700.